The summed E-state index contributed by atoms with van der Waals surface area (Å²) in [6.45, 7) is 5.30. The van der Waals surface area contributed by atoms with Gasteiger partial charge in [-0.05, 0) is 69.8 Å². The summed E-state index contributed by atoms with van der Waals surface area (Å²) >= 11 is 0. The van der Waals surface area contributed by atoms with Crippen LogP contribution in [0.5, 0.6) is 5.75 Å². The highest BCUT2D eigenvalue weighted by Gasteiger charge is 2.24. The summed E-state index contributed by atoms with van der Waals surface area (Å²) < 4.78 is 5.86. The molecule has 0 aliphatic heterocycles. The van der Waals surface area contributed by atoms with Gasteiger partial charge < -0.3 is 10.1 Å². The van der Waals surface area contributed by atoms with E-state index in [1.54, 1.807) is 0 Å². The standard InChI is InChI=1S/C18H29NO/c1-14(2)20-17-10-7-9-15(12-17)18-11-6-4-5-8-16(18)13-19-3/h7,9-10,12,14,16,18-19H,4-6,8,11,13H2,1-3H3. The zero-order chi connectivity index (χ0) is 14.4. The molecule has 2 atom stereocenters. The molecule has 1 aliphatic rings. The summed E-state index contributed by atoms with van der Waals surface area (Å²) in [6.07, 6.45) is 7.04. The maximum atomic E-state index is 5.86. The van der Waals surface area contributed by atoms with E-state index in [0.717, 1.165) is 18.2 Å². The second kappa shape index (κ2) is 7.68. The van der Waals surface area contributed by atoms with E-state index in [2.05, 4.69) is 50.5 Å². The van der Waals surface area contributed by atoms with Crippen LogP contribution in [0.25, 0.3) is 0 Å². The average molecular weight is 275 g/mol. The second-order valence-electron chi connectivity index (χ2n) is 6.30. The van der Waals surface area contributed by atoms with Crippen LogP contribution in [0.1, 0.15) is 57.4 Å². The Hall–Kier alpha value is -1.02. The predicted octanol–water partition coefficient (Wildman–Crippen LogP) is 4.36. The highest BCUT2D eigenvalue weighted by Crippen LogP contribution is 2.37. The van der Waals surface area contributed by atoms with Gasteiger partial charge in [0.1, 0.15) is 5.75 Å². The lowest BCUT2D eigenvalue weighted by Crippen LogP contribution is -2.24. The molecule has 1 aromatic rings. The molecule has 2 nitrogen and oxygen atoms in total. The van der Waals surface area contributed by atoms with Gasteiger partial charge in [0.15, 0.2) is 0 Å². The minimum absolute atomic E-state index is 0.243. The summed E-state index contributed by atoms with van der Waals surface area (Å²) in [4.78, 5) is 0. The zero-order valence-electron chi connectivity index (χ0n) is 13.2. The lowest BCUT2D eigenvalue weighted by Gasteiger charge is -2.26. The zero-order valence-corrected chi connectivity index (χ0v) is 13.2. The molecule has 1 saturated carbocycles. The van der Waals surface area contributed by atoms with Crippen LogP contribution in [0.4, 0.5) is 0 Å². The van der Waals surface area contributed by atoms with Gasteiger partial charge in [-0.15, -0.1) is 0 Å². The number of hydrogen-bond donors (Lipinski definition) is 1. The van der Waals surface area contributed by atoms with Crippen LogP contribution in [0.2, 0.25) is 0 Å². The van der Waals surface area contributed by atoms with Crippen molar-refractivity contribution in [1.29, 1.82) is 0 Å². The third-order valence-corrected chi connectivity index (χ3v) is 4.28. The molecule has 1 N–H and O–H groups in total. The fraction of sp³-hybridized carbons (Fsp3) is 0.667. The monoisotopic (exact) mass is 275 g/mol. The molecule has 0 bridgehead atoms. The Morgan fingerprint density at radius 2 is 2.00 bits per heavy atom. The van der Waals surface area contributed by atoms with Crippen molar-refractivity contribution < 1.29 is 4.74 Å². The molecule has 2 heteroatoms. The Morgan fingerprint density at radius 3 is 2.75 bits per heavy atom. The Balaban J connectivity index is 2.17. The summed E-state index contributed by atoms with van der Waals surface area (Å²) in [5, 5.41) is 3.38. The topological polar surface area (TPSA) is 21.3 Å². The Morgan fingerprint density at radius 1 is 1.20 bits per heavy atom. The lowest BCUT2D eigenvalue weighted by atomic mass is 9.82. The van der Waals surface area contributed by atoms with Crippen molar-refractivity contribution >= 4 is 0 Å². The van der Waals surface area contributed by atoms with Crippen LogP contribution >= 0.6 is 0 Å². The van der Waals surface area contributed by atoms with Crippen molar-refractivity contribution in [2.75, 3.05) is 13.6 Å². The molecule has 1 aromatic carbocycles. The minimum atomic E-state index is 0.243. The van der Waals surface area contributed by atoms with Crippen molar-refractivity contribution in [2.45, 2.75) is 58.0 Å². The molecule has 112 valence electrons. The van der Waals surface area contributed by atoms with Crippen molar-refractivity contribution in [2.24, 2.45) is 5.92 Å². The molecule has 0 amide bonds. The highest BCUT2D eigenvalue weighted by atomic mass is 16.5. The quantitative estimate of drug-likeness (QED) is 0.806. The van der Waals surface area contributed by atoms with Crippen molar-refractivity contribution in [3.63, 3.8) is 0 Å². The van der Waals surface area contributed by atoms with E-state index in [0.29, 0.717) is 5.92 Å². The first kappa shape index (κ1) is 15.4. The average Bonchev–Trinajstić information content (AvgIpc) is 2.64. The minimum Gasteiger partial charge on any atom is -0.491 e. The third-order valence-electron chi connectivity index (χ3n) is 4.28. The molecule has 1 aliphatic carbocycles. The van der Waals surface area contributed by atoms with Gasteiger partial charge in [0.25, 0.3) is 0 Å². The maximum absolute atomic E-state index is 5.86. The number of benzene rings is 1. The molecule has 1 fully saturated rings. The number of ether oxygens (including phenoxy) is 1. The van der Waals surface area contributed by atoms with Gasteiger partial charge in [-0.2, -0.15) is 0 Å². The van der Waals surface area contributed by atoms with Crippen LogP contribution in [-0.2, 0) is 0 Å². The van der Waals surface area contributed by atoms with Gasteiger partial charge in [-0.3, -0.25) is 0 Å². The summed E-state index contributed by atoms with van der Waals surface area (Å²) in [5.74, 6) is 2.46. The first-order chi connectivity index (χ1) is 9.70. The fourth-order valence-electron chi connectivity index (χ4n) is 3.42. The van der Waals surface area contributed by atoms with E-state index < -0.39 is 0 Å². The van der Waals surface area contributed by atoms with Crippen molar-refractivity contribution in [1.82, 2.24) is 5.32 Å². The molecule has 0 saturated heterocycles. The largest absolute Gasteiger partial charge is 0.491 e. The Labute approximate surface area is 123 Å². The molecule has 0 aromatic heterocycles. The van der Waals surface area contributed by atoms with E-state index in [9.17, 15) is 0 Å². The van der Waals surface area contributed by atoms with Crippen LogP contribution in [-0.4, -0.2) is 19.7 Å². The molecule has 0 spiro atoms. The Kier molecular flexibility index (Phi) is 5.90. The van der Waals surface area contributed by atoms with Gasteiger partial charge >= 0.3 is 0 Å². The van der Waals surface area contributed by atoms with Crippen LogP contribution in [0, 0.1) is 5.92 Å². The smallest absolute Gasteiger partial charge is 0.119 e. The first-order valence-electron chi connectivity index (χ1n) is 8.12. The molecule has 2 rings (SSSR count). The number of hydrogen-bond acceptors (Lipinski definition) is 2. The van der Waals surface area contributed by atoms with Gasteiger partial charge in [0.2, 0.25) is 0 Å². The SMILES string of the molecule is CNCC1CCCCCC1c1cccc(OC(C)C)c1. The number of nitrogens with one attached hydrogen (secondary N) is 1. The van der Waals surface area contributed by atoms with Gasteiger partial charge in [-0.1, -0.05) is 31.4 Å². The maximum Gasteiger partial charge on any atom is 0.119 e. The molecule has 2 unspecified atom stereocenters. The van der Waals surface area contributed by atoms with E-state index in [1.807, 2.05) is 0 Å². The highest BCUT2D eigenvalue weighted by molar-refractivity contribution is 5.31. The molecule has 20 heavy (non-hydrogen) atoms. The molecular formula is C18H29NO. The second-order valence-corrected chi connectivity index (χ2v) is 6.30. The normalized spacial score (nSPS) is 23.6. The summed E-state index contributed by atoms with van der Waals surface area (Å²) in [5.41, 5.74) is 1.46. The predicted molar refractivity (Wildman–Crippen MR) is 85.4 cm³/mol. The molecule has 0 heterocycles. The van der Waals surface area contributed by atoms with E-state index >= 15 is 0 Å². The van der Waals surface area contributed by atoms with Gasteiger partial charge in [0, 0.05) is 0 Å². The fourth-order valence-corrected chi connectivity index (χ4v) is 3.42. The third kappa shape index (κ3) is 4.24. The van der Waals surface area contributed by atoms with Crippen LogP contribution in [0.15, 0.2) is 24.3 Å². The number of rotatable bonds is 5. The van der Waals surface area contributed by atoms with Gasteiger partial charge in [-0.25, -0.2) is 0 Å². The van der Waals surface area contributed by atoms with E-state index in [1.165, 1.54) is 37.7 Å². The van der Waals surface area contributed by atoms with Crippen molar-refractivity contribution in [3.05, 3.63) is 29.8 Å². The molecular weight excluding hydrogens is 246 g/mol. The summed E-state index contributed by atoms with van der Waals surface area (Å²) in [7, 11) is 2.07. The van der Waals surface area contributed by atoms with Crippen molar-refractivity contribution in [3.8, 4) is 5.75 Å². The molecule has 0 radical (unpaired) electrons. The van der Waals surface area contributed by atoms with Crippen LogP contribution in [0.3, 0.4) is 0 Å². The van der Waals surface area contributed by atoms with E-state index in [4.69, 9.17) is 4.74 Å². The summed E-state index contributed by atoms with van der Waals surface area (Å²) in [6, 6.07) is 8.77. The lowest BCUT2D eigenvalue weighted by molar-refractivity contribution is 0.242. The van der Waals surface area contributed by atoms with Crippen LogP contribution < -0.4 is 10.1 Å². The van der Waals surface area contributed by atoms with E-state index in [-0.39, 0.29) is 6.10 Å². The first-order valence-corrected chi connectivity index (χ1v) is 8.12. The Bertz CT molecular complexity index is 402. The van der Waals surface area contributed by atoms with Gasteiger partial charge in [0.05, 0.1) is 6.10 Å².